The number of rotatable bonds is 4. The zero-order chi connectivity index (χ0) is 16.2. The zero-order valence-electron chi connectivity index (χ0n) is 11.8. The summed E-state index contributed by atoms with van der Waals surface area (Å²) in [6.07, 6.45) is 3.82. The van der Waals surface area contributed by atoms with Crippen LogP contribution in [0.3, 0.4) is 0 Å². The van der Waals surface area contributed by atoms with Crippen molar-refractivity contribution in [1.29, 1.82) is 0 Å². The van der Waals surface area contributed by atoms with E-state index in [2.05, 4.69) is 10.2 Å². The number of benzene rings is 2. The van der Waals surface area contributed by atoms with Crippen LogP contribution < -0.4 is 0 Å². The van der Waals surface area contributed by atoms with E-state index in [1.807, 2.05) is 18.2 Å². The molecule has 0 aliphatic heterocycles. The minimum atomic E-state index is -0.381. The quantitative estimate of drug-likeness (QED) is 0.644. The molecule has 0 spiro atoms. The molecule has 2 aromatic carbocycles. The van der Waals surface area contributed by atoms with E-state index in [0.717, 1.165) is 5.56 Å². The first-order valence-corrected chi connectivity index (χ1v) is 7.56. The number of halogens is 3. The monoisotopic (exact) mass is 348 g/mol. The summed E-state index contributed by atoms with van der Waals surface area (Å²) in [6.45, 7) is 0. The fraction of sp³-hybridized carbons (Fsp3) is 0.0588. The van der Waals surface area contributed by atoms with Gasteiger partial charge in [0.05, 0.1) is 11.4 Å². The highest BCUT2D eigenvalue weighted by molar-refractivity contribution is 6.32. The van der Waals surface area contributed by atoms with Crippen LogP contribution in [-0.2, 0) is 6.42 Å². The van der Waals surface area contributed by atoms with Crippen LogP contribution in [0.15, 0.2) is 46.9 Å². The Kier molecular flexibility index (Phi) is 4.74. The van der Waals surface area contributed by atoms with Gasteiger partial charge in [0.15, 0.2) is 0 Å². The average molecular weight is 349 g/mol. The highest BCUT2D eigenvalue weighted by Crippen LogP contribution is 2.20. The normalized spacial score (nSPS) is 11.3. The van der Waals surface area contributed by atoms with Crippen LogP contribution >= 0.6 is 23.2 Å². The van der Waals surface area contributed by atoms with Crippen molar-refractivity contribution in [3.8, 4) is 0 Å². The lowest BCUT2D eigenvalue weighted by molar-refractivity contribution is 0.496. The molecule has 0 amide bonds. The van der Waals surface area contributed by atoms with Crippen molar-refractivity contribution < 1.29 is 8.81 Å². The maximum atomic E-state index is 13.0. The SMILES string of the molecule is Fc1ccc(/C=C/c2nnc(Cc3cccc(Cl)c3)o2)c(Cl)c1. The molecule has 0 N–H and O–H groups in total. The summed E-state index contributed by atoms with van der Waals surface area (Å²) in [5.41, 5.74) is 1.65. The third-order valence-corrected chi connectivity index (χ3v) is 3.66. The van der Waals surface area contributed by atoms with Crippen LogP contribution in [0.5, 0.6) is 0 Å². The third-order valence-electron chi connectivity index (χ3n) is 3.09. The van der Waals surface area contributed by atoms with Crippen molar-refractivity contribution >= 4 is 35.4 Å². The second-order valence-corrected chi connectivity index (χ2v) is 5.68. The highest BCUT2D eigenvalue weighted by atomic mass is 35.5. The Bertz CT molecular complexity index is 861. The van der Waals surface area contributed by atoms with Gasteiger partial charge in [0, 0.05) is 11.1 Å². The van der Waals surface area contributed by atoms with Gasteiger partial charge < -0.3 is 4.42 Å². The Balaban J connectivity index is 1.73. The second kappa shape index (κ2) is 6.94. The fourth-order valence-corrected chi connectivity index (χ4v) is 2.47. The van der Waals surface area contributed by atoms with Crippen LogP contribution in [0, 0.1) is 5.82 Å². The lowest BCUT2D eigenvalue weighted by Gasteiger charge is -1.97. The summed E-state index contributed by atoms with van der Waals surface area (Å²) in [6, 6.07) is 11.6. The molecule has 23 heavy (non-hydrogen) atoms. The van der Waals surface area contributed by atoms with E-state index in [1.165, 1.54) is 12.1 Å². The van der Waals surface area contributed by atoms with Gasteiger partial charge in [-0.3, -0.25) is 0 Å². The fourth-order valence-electron chi connectivity index (χ4n) is 2.02. The molecule has 1 heterocycles. The Morgan fingerprint density at radius 2 is 1.91 bits per heavy atom. The first-order valence-electron chi connectivity index (χ1n) is 6.80. The molecular weight excluding hydrogens is 338 g/mol. The zero-order valence-corrected chi connectivity index (χ0v) is 13.4. The molecule has 0 saturated carbocycles. The first-order chi connectivity index (χ1) is 11.1. The van der Waals surface area contributed by atoms with Gasteiger partial charge in [-0.2, -0.15) is 0 Å². The molecule has 0 aliphatic rings. The van der Waals surface area contributed by atoms with Crippen molar-refractivity contribution in [1.82, 2.24) is 10.2 Å². The molecule has 0 bridgehead atoms. The van der Waals surface area contributed by atoms with E-state index in [4.69, 9.17) is 27.6 Å². The Morgan fingerprint density at radius 1 is 1.04 bits per heavy atom. The molecule has 0 aliphatic carbocycles. The highest BCUT2D eigenvalue weighted by Gasteiger charge is 2.06. The summed E-state index contributed by atoms with van der Waals surface area (Å²) in [4.78, 5) is 0. The summed E-state index contributed by atoms with van der Waals surface area (Å²) in [5, 5.41) is 8.91. The molecule has 3 rings (SSSR count). The smallest absolute Gasteiger partial charge is 0.240 e. The van der Waals surface area contributed by atoms with Gasteiger partial charge in [0.25, 0.3) is 0 Å². The minimum Gasteiger partial charge on any atom is -0.421 e. The van der Waals surface area contributed by atoms with Gasteiger partial charge in [0.2, 0.25) is 11.8 Å². The molecule has 1 aromatic heterocycles. The lowest BCUT2D eigenvalue weighted by Crippen LogP contribution is -1.87. The van der Waals surface area contributed by atoms with Gasteiger partial charge >= 0.3 is 0 Å². The van der Waals surface area contributed by atoms with E-state index in [9.17, 15) is 4.39 Å². The molecule has 3 nitrogen and oxygen atoms in total. The summed E-state index contributed by atoms with van der Waals surface area (Å²) in [7, 11) is 0. The van der Waals surface area contributed by atoms with Crippen LogP contribution in [0.1, 0.15) is 22.9 Å². The maximum Gasteiger partial charge on any atom is 0.240 e. The molecule has 0 unspecified atom stereocenters. The Morgan fingerprint density at radius 3 is 2.70 bits per heavy atom. The van der Waals surface area contributed by atoms with Crippen LogP contribution in [0.4, 0.5) is 4.39 Å². The number of nitrogens with zero attached hydrogens (tertiary/aromatic N) is 2. The molecular formula is C17H11Cl2FN2O. The van der Waals surface area contributed by atoms with Gasteiger partial charge in [-0.25, -0.2) is 4.39 Å². The number of hydrogen-bond donors (Lipinski definition) is 0. The molecule has 3 aromatic rings. The van der Waals surface area contributed by atoms with Crippen molar-refractivity contribution in [2.45, 2.75) is 6.42 Å². The topological polar surface area (TPSA) is 38.9 Å². The summed E-state index contributed by atoms with van der Waals surface area (Å²) < 4.78 is 18.5. The number of aromatic nitrogens is 2. The lowest BCUT2D eigenvalue weighted by atomic mass is 10.1. The van der Waals surface area contributed by atoms with Crippen LogP contribution in [-0.4, -0.2) is 10.2 Å². The van der Waals surface area contributed by atoms with Crippen LogP contribution in [0.2, 0.25) is 10.0 Å². The molecule has 116 valence electrons. The van der Waals surface area contributed by atoms with Gasteiger partial charge in [-0.05, 0) is 41.5 Å². The predicted octanol–water partition coefficient (Wildman–Crippen LogP) is 5.28. The molecule has 0 radical (unpaired) electrons. The minimum absolute atomic E-state index is 0.319. The largest absolute Gasteiger partial charge is 0.421 e. The molecule has 0 saturated heterocycles. The van der Waals surface area contributed by atoms with E-state index < -0.39 is 0 Å². The molecule has 0 atom stereocenters. The Labute approximate surface area is 142 Å². The third kappa shape index (κ3) is 4.18. The van der Waals surface area contributed by atoms with Crippen molar-refractivity contribution in [2.75, 3.05) is 0 Å². The summed E-state index contributed by atoms with van der Waals surface area (Å²) >= 11 is 11.9. The summed E-state index contributed by atoms with van der Waals surface area (Å²) in [5.74, 6) is 0.452. The number of hydrogen-bond acceptors (Lipinski definition) is 3. The van der Waals surface area contributed by atoms with Gasteiger partial charge in [-0.1, -0.05) is 41.4 Å². The van der Waals surface area contributed by atoms with Crippen molar-refractivity contribution in [2.24, 2.45) is 0 Å². The van der Waals surface area contributed by atoms with E-state index in [-0.39, 0.29) is 5.82 Å². The van der Waals surface area contributed by atoms with E-state index in [1.54, 1.807) is 24.3 Å². The predicted molar refractivity (Wildman–Crippen MR) is 88.9 cm³/mol. The van der Waals surface area contributed by atoms with Gasteiger partial charge in [-0.15, -0.1) is 10.2 Å². The van der Waals surface area contributed by atoms with Crippen LogP contribution in [0.25, 0.3) is 12.2 Å². The van der Waals surface area contributed by atoms with E-state index in [0.29, 0.717) is 33.8 Å². The molecule has 6 heteroatoms. The first kappa shape index (κ1) is 15.7. The second-order valence-electron chi connectivity index (χ2n) is 4.84. The average Bonchev–Trinajstić information content (AvgIpc) is 2.94. The van der Waals surface area contributed by atoms with Crippen molar-refractivity contribution in [3.05, 3.63) is 81.2 Å². The standard InChI is InChI=1S/C17H11Cl2FN2O/c18-13-3-1-2-11(8-13)9-17-22-21-16(23-17)7-5-12-4-6-14(20)10-15(12)19/h1-8,10H,9H2/b7-5+. The van der Waals surface area contributed by atoms with Gasteiger partial charge in [0.1, 0.15) is 5.82 Å². The van der Waals surface area contributed by atoms with E-state index >= 15 is 0 Å². The Hall–Kier alpha value is -2.17. The maximum absolute atomic E-state index is 13.0. The van der Waals surface area contributed by atoms with Crippen molar-refractivity contribution in [3.63, 3.8) is 0 Å². The molecule has 0 fully saturated rings.